The first kappa shape index (κ1) is 12.6. The van der Waals surface area contributed by atoms with Gasteiger partial charge in [0.1, 0.15) is 11.5 Å². The fourth-order valence-electron chi connectivity index (χ4n) is 2.00. The Labute approximate surface area is 121 Å². The van der Waals surface area contributed by atoms with E-state index in [-0.39, 0.29) is 0 Å². The second-order valence-electron chi connectivity index (χ2n) is 4.77. The molecule has 0 aliphatic heterocycles. The summed E-state index contributed by atoms with van der Waals surface area (Å²) >= 11 is 7.72. The third-order valence-electron chi connectivity index (χ3n) is 3.13. The largest absolute Gasteiger partial charge is 0.235 e. The summed E-state index contributed by atoms with van der Waals surface area (Å²) in [7, 11) is 0. The minimum Gasteiger partial charge on any atom is -0.235 e. The van der Waals surface area contributed by atoms with Crippen molar-refractivity contribution in [3.05, 3.63) is 47.4 Å². The van der Waals surface area contributed by atoms with Gasteiger partial charge in [0, 0.05) is 4.88 Å². The van der Waals surface area contributed by atoms with Gasteiger partial charge in [0.25, 0.3) is 0 Å². The smallest absolute Gasteiger partial charge is 0.150 e. The molecular weight excluding hydrogens is 276 g/mol. The number of rotatable bonds is 2. The minimum absolute atomic E-state index is 0.528. The molecule has 2 heterocycles. The molecule has 0 amide bonds. The molecule has 3 aromatic rings. The standard InChI is InChI=1S/C15H13ClN2S/c1-9(2)10-3-5-11(6-4-10)13-7-12-14(19-13)15(16)18-8-17-12/h3-9H,1-2H3. The molecule has 0 spiro atoms. The van der Waals surface area contributed by atoms with Gasteiger partial charge in [-0.25, -0.2) is 9.97 Å². The van der Waals surface area contributed by atoms with Crippen LogP contribution in [0.15, 0.2) is 36.7 Å². The topological polar surface area (TPSA) is 25.8 Å². The number of hydrogen-bond donors (Lipinski definition) is 0. The SMILES string of the molecule is CC(C)c1ccc(-c2cc3ncnc(Cl)c3s2)cc1. The van der Waals surface area contributed by atoms with Gasteiger partial charge < -0.3 is 0 Å². The fourth-order valence-corrected chi connectivity index (χ4v) is 3.25. The summed E-state index contributed by atoms with van der Waals surface area (Å²) in [5.74, 6) is 0.553. The molecule has 0 saturated heterocycles. The zero-order valence-corrected chi connectivity index (χ0v) is 12.3. The Bertz CT molecular complexity index is 717. The van der Waals surface area contributed by atoms with Crippen LogP contribution in [0.1, 0.15) is 25.3 Å². The van der Waals surface area contributed by atoms with E-state index in [1.807, 2.05) is 0 Å². The summed E-state index contributed by atoms with van der Waals surface area (Å²) in [5, 5.41) is 0.528. The molecule has 96 valence electrons. The van der Waals surface area contributed by atoms with E-state index in [2.05, 4.69) is 54.1 Å². The van der Waals surface area contributed by atoms with E-state index in [9.17, 15) is 0 Å². The van der Waals surface area contributed by atoms with E-state index in [1.54, 1.807) is 11.3 Å². The third kappa shape index (κ3) is 2.36. The molecule has 0 radical (unpaired) electrons. The van der Waals surface area contributed by atoms with Crippen molar-refractivity contribution < 1.29 is 0 Å². The summed E-state index contributed by atoms with van der Waals surface area (Å²) in [6.45, 7) is 4.40. The van der Waals surface area contributed by atoms with Crippen LogP contribution < -0.4 is 0 Å². The molecule has 19 heavy (non-hydrogen) atoms. The molecule has 0 N–H and O–H groups in total. The van der Waals surface area contributed by atoms with Gasteiger partial charge in [-0.2, -0.15) is 0 Å². The van der Waals surface area contributed by atoms with Crippen LogP contribution in [0.4, 0.5) is 0 Å². The maximum Gasteiger partial charge on any atom is 0.150 e. The van der Waals surface area contributed by atoms with Gasteiger partial charge in [-0.1, -0.05) is 49.7 Å². The zero-order valence-electron chi connectivity index (χ0n) is 10.7. The molecule has 0 atom stereocenters. The molecule has 1 aromatic carbocycles. The van der Waals surface area contributed by atoms with Crippen molar-refractivity contribution in [1.29, 1.82) is 0 Å². The molecule has 0 saturated carbocycles. The van der Waals surface area contributed by atoms with Crippen molar-refractivity contribution in [2.75, 3.05) is 0 Å². The Kier molecular flexibility index (Phi) is 3.25. The summed E-state index contributed by atoms with van der Waals surface area (Å²) in [6.07, 6.45) is 1.50. The number of aromatic nitrogens is 2. The van der Waals surface area contributed by atoms with E-state index >= 15 is 0 Å². The number of halogens is 1. The number of nitrogens with zero attached hydrogens (tertiary/aromatic N) is 2. The van der Waals surface area contributed by atoms with Gasteiger partial charge in [-0.05, 0) is 23.1 Å². The Morgan fingerprint density at radius 1 is 1.11 bits per heavy atom. The lowest BCUT2D eigenvalue weighted by atomic mass is 10.0. The van der Waals surface area contributed by atoms with Crippen LogP contribution in [-0.2, 0) is 0 Å². The third-order valence-corrected chi connectivity index (χ3v) is 4.71. The van der Waals surface area contributed by atoms with E-state index in [0.29, 0.717) is 11.1 Å². The van der Waals surface area contributed by atoms with Crippen LogP contribution in [-0.4, -0.2) is 9.97 Å². The molecule has 0 bridgehead atoms. The van der Waals surface area contributed by atoms with Gasteiger partial charge in [-0.3, -0.25) is 0 Å². The highest BCUT2D eigenvalue weighted by atomic mass is 35.5. The lowest BCUT2D eigenvalue weighted by molar-refractivity contribution is 0.867. The fraction of sp³-hybridized carbons (Fsp3) is 0.200. The Morgan fingerprint density at radius 3 is 2.47 bits per heavy atom. The lowest BCUT2D eigenvalue weighted by Crippen LogP contribution is -1.85. The van der Waals surface area contributed by atoms with Crippen LogP contribution in [0, 0.1) is 0 Å². The Balaban J connectivity index is 2.06. The number of benzene rings is 1. The van der Waals surface area contributed by atoms with Crippen molar-refractivity contribution >= 4 is 33.2 Å². The van der Waals surface area contributed by atoms with Crippen molar-refractivity contribution in [3.8, 4) is 10.4 Å². The first-order chi connectivity index (χ1) is 9.15. The lowest BCUT2D eigenvalue weighted by Gasteiger charge is -2.05. The van der Waals surface area contributed by atoms with Gasteiger partial charge in [0.2, 0.25) is 0 Å². The molecule has 2 nitrogen and oxygen atoms in total. The molecule has 3 rings (SSSR count). The molecule has 0 aliphatic carbocycles. The van der Waals surface area contributed by atoms with Crippen LogP contribution in [0.3, 0.4) is 0 Å². The second kappa shape index (κ2) is 4.91. The van der Waals surface area contributed by atoms with Gasteiger partial charge >= 0.3 is 0 Å². The number of fused-ring (bicyclic) bond motifs is 1. The van der Waals surface area contributed by atoms with Crippen LogP contribution in [0.5, 0.6) is 0 Å². The van der Waals surface area contributed by atoms with Crippen molar-refractivity contribution in [2.24, 2.45) is 0 Å². The van der Waals surface area contributed by atoms with E-state index in [0.717, 1.165) is 10.2 Å². The molecule has 0 aliphatic rings. The van der Waals surface area contributed by atoms with Gasteiger partial charge in [0.15, 0.2) is 0 Å². The monoisotopic (exact) mass is 288 g/mol. The van der Waals surface area contributed by atoms with Gasteiger partial charge in [0.05, 0.1) is 10.2 Å². The molecule has 4 heteroatoms. The van der Waals surface area contributed by atoms with Crippen LogP contribution in [0.2, 0.25) is 5.15 Å². The van der Waals surface area contributed by atoms with Crippen LogP contribution in [0.25, 0.3) is 20.7 Å². The number of hydrogen-bond acceptors (Lipinski definition) is 3. The van der Waals surface area contributed by atoms with Crippen LogP contribution >= 0.6 is 22.9 Å². The molecular formula is C15H13ClN2S. The first-order valence-electron chi connectivity index (χ1n) is 6.15. The molecule has 2 aromatic heterocycles. The van der Waals surface area contributed by atoms with Crippen molar-refractivity contribution in [3.63, 3.8) is 0 Å². The molecule has 0 fully saturated rings. The van der Waals surface area contributed by atoms with E-state index in [1.165, 1.54) is 22.3 Å². The minimum atomic E-state index is 0.528. The predicted molar refractivity (Wildman–Crippen MR) is 82.0 cm³/mol. The number of thiophene rings is 1. The quantitative estimate of drug-likeness (QED) is 0.611. The second-order valence-corrected chi connectivity index (χ2v) is 6.18. The summed E-state index contributed by atoms with van der Waals surface area (Å²) < 4.78 is 0.951. The normalized spacial score (nSPS) is 11.4. The first-order valence-corrected chi connectivity index (χ1v) is 7.35. The average molecular weight is 289 g/mol. The summed E-state index contributed by atoms with van der Waals surface area (Å²) in [5.41, 5.74) is 3.46. The summed E-state index contributed by atoms with van der Waals surface area (Å²) in [4.78, 5) is 9.44. The Morgan fingerprint density at radius 2 is 1.84 bits per heavy atom. The highest BCUT2D eigenvalue weighted by molar-refractivity contribution is 7.22. The summed E-state index contributed by atoms with van der Waals surface area (Å²) in [6, 6.07) is 10.7. The predicted octanol–water partition coefficient (Wildman–Crippen LogP) is 5.14. The highest BCUT2D eigenvalue weighted by Gasteiger charge is 2.09. The van der Waals surface area contributed by atoms with Gasteiger partial charge in [-0.15, -0.1) is 11.3 Å². The van der Waals surface area contributed by atoms with Crippen molar-refractivity contribution in [1.82, 2.24) is 9.97 Å². The van der Waals surface area contributed by atoms with E-state index in [4.69, 9.17) is 11.6 Å². The highest BCUT2D eigenvalue weighted by Crippen LogP contribution is 2.35. The van der Waals surface area contributed by atoms with E-state index < -0.39 is 0 Å². The Hall–Kier alpha value is -1.45. The van der Waals surface area contributed by atoms with Crippen molar-refractivity contribution in [2.45, 2.75) is 19.8 Å². The average Bonchev–Trinajstić information content (AvgIpc) is 2.84. The maximum atomic E-state index is 6.08. The zero-order chi connectivity index (χ0) is 13.4. The molecule has 0 unspecified atom stereocenters. The maximum absolute atomic E-state index is 6.08.